The van der Waals surface area contributed by atoms with E-state index >= 15 is 0 Å². The van der Waals surface area contributed by atoms with Crippen molar-refractivity contribution >= 4 is 18.5 Å². The van der Waals surface area contributed by atoms with Crippen LogP contribution in [0.5, 0.6) is 0 Å². The minimum absolute atomic E-state index is 0. The standard InChI is InChI=1S/C56H74Si.2ClH.Zr/c1-7-11-15-19-25-43-33-37-45(38-34-43)51-31-23-29-47-41-49(27-21-17-13-9-3)55(53(47)51)57(5,6)56-50(28-22-18-14-10-4)42-48-30-24-32-52(54(48)56)46-39-35-44(36-40-46)26-20-16-12-8-2;;;/h23-24,29-42H,7-22,25-28H2,1-6H3;2*1H;/q;;;+2/p-2. The van der Waals surface area contributed by atoms with Crippen LogP contribution in [0.4, 0.5) is 0 Å². The Morgan fingerprint density at radius 1 is 0.417 bits per heavy atom. The van der Waals surface area contributed by atoms with Gasteiger partial charge in [0.05, 0.1) is 0 Å². The fraction of sp³-hybridized carbons (Fsp3) is 0.500. The second kappa shape index (κ2) is 23.6. The number of aryl methyl sites for hydroxylation is 2. The average Bonchev–Trinajstić information content (AvgIpc) is 3.76. The van der Waals surface area contributed by atoms with Crippen molar-refractivity contribution in [3.8, 4) is 22.3 Å². The third-order valence-electron chi connectivity index (χ3n) is 14.0. The summed E-state index contributed by atoms with van der Waals surface area (Å²) >= 11 is -1.01. The Morgan fingerprint density at radius 2 is 0.767 bits per heavy atom. The molecule has 2 aliphatic carbocycles. The zero-order valence-electron chi connectivity index (χ0n) is 38.1. The Hall–Kier alpha value is -1.96. The van der Waals surface area contributed by atoms with E-state index in [1.165, 1.54) is 162 Å². The molecule has 7 rings (SSSR count). The first-order chi connectivity index (χ1) is 28.4. The Morgan fingerprint density at radius 3 is 1.12 bits per heavy atom. The van der Waals surface area contributed by atoms with Crippen molar-refractivity contribution in [1.29, 1.82) is 0 Å². The van der Waals surface area contributed by atoms with Gasteiger partial charge >= 0.3 is 343 Å². The monoisotopic (exact) mass is 934 g/mol. The van der Waals surface area contributed by atoms with E-state index in [0.717, 1.165) is 0 Å². The van der Waals surface area contributed by atoms with Crippen LogP contribution in [-0.4, -0.2) is 8.07 Å². The zero-order chi connectivity index (χ0) is 40.5. The molecule has 0 N–H and O–H groups in total. The summed E-state index contributed by atoms with van der Waals surface area (Å²) in [4.78, 5) is 0. The van der Waals surface area contributed by atoms with Gasteiger partial charge in [-0.15, -0.1) is 0 Å². The minimum Gasteiger partial charge on any atom is -1.00 e. The number of rotatable bonds is 22. The molecule has 0 spiro atoms. The zero-order valence-corrected chi connectivity index (χ0v) is 43.1. The summed E-state index contributed by atoms with van der Waals surface area (Å²) in [7, 11) is -2.23. The van der Waals surface area contributed by atoms with E-state index in [0.29, 0.717) is 7.25 Å². The van der Waals surface area contributed by atoms with Crippen molar-refractivity contribution in [2.45, 2.75) is 176 Å². The first-order valence-electron chi connectivity index (χ1n) is 24.1. The molecule has 0 radical (unpaired) electrons. The molecule has 320 valence electrons. The fourth-order valence-corrected chi connectivity index (χ4v) is 21.2. The summed E-state index contributed by atoms with van der Waals surface area (Å²) in [5, 5.41) is 3.71. The molecule has 0 saturated heterocycles. The van der Waals surface area contributed by atoms with E-state index in [2.05, 4.69) is 126 Å². The first kappa shape index (κ1) is 49.1. The molecular weight excluding hydrogens is 863 g/mol. The van der Waals surface area contributed by atoms with Gasteiger partial charge in [0, 0.05) is 0 Å². The largest absolute Gasteiger partial charge is 1.00 e. The normalized spacial score (nSPS) is 16.9. The number of hydrogen-bond donors (Lipinski definition) is 0. The number of benzene rings is 4. The number of halogens is 2. The molecule has 4 aromatic carbocycles. The molecule has 60 heavy (non-hydrogen) atoms. The van der Waals surface area contributed by atoms with Crippen LogP contribution in [0.2, 0.25) is 13.1 Å². The fourth-order valence-electron chi connectivity index (χ4n) is 11.0. The van der Waals surface area contributed by atoms with Crippen LogP contribution < -0.4 is 24.8 Å². The summed E-state index contributed by atoms with van der Waals surface area (Å²) in [5.41, 5.74) is 19.5. The predicted octanol–water partition coefficient (Wildman–Crippen LogP) is 11.4. The molecule has 0 aromatic heterocycles. The average molecular weight is 937 g/mol. The van der Waals surface area contributed by atoms with Crippen molar-refractivity contribution in [3.05, 3.63) is 129 Å². The van der Waals surface area contributed by atoms with Gasteiger partial charge in [-0.3, -0.25) is 0 Å². The minimum atomic E-state index is -2.23. The van der Waals surface area contributed by atoms with Gasteiger partial charge in [-0.1, -0.05) is 26.7 Å². The summed E-state index contributed by atoms with van der Waals surface area (Å²) in [6.07, 6.45) is 26.4. The second-order valence-corrected chi connectivity index (χ2v) is 26.5. The molecular formula is C56H74Cl2SiZr. The molecule has 1 heterocycles. The van der Waals surface area contributed by atoms with Gasteiger partial charge in [-0.25, -0.2) is 0 Å². The molecule has 2 unspecified atom stereocenters. The van der Waals surface area contributed by atoms with Gasteiger partial charge < -0.3 is 24.8 Å². The van der Waals surface area contributed by atoms with E-state index in [1.54, 1.807) is 22.3 Å². The molecule has 2 atom stereocenters. The van der Waals surface area contributed by atoms with E-state index < -0.39 is 31.3 Å². The van der Waals surface area contributed by atoms with Crippen molar-refractivity contribution in [2.75, 3.05) is 0 Å². The van der Waals surface area contributed by atoms with Crippen LogP contribution in [0, 0.1) is 0 Å². The van der Waals surface area contributed by atoms with E-state index in [1.807, 2.05) is 21.5 Å². The van der Waals surface area contributed by atoms with Crippen molar-refractivity contribution in [1.82, 2.24) is 0 Å². The Kier molecular flexibility index (Phi) is 19.3. The second-order valence-electron chi connectivity index (χ2n) is 18.6. The van der Waals surface area contributed by atoms with Crippen LogP contribution in [0.25, 0.3) is 32.6 Å². The third kappa shape index (κ3) is 10.7. The van der Waals surface area contributed by atoms with E-state index in [-0.39, 0.29) is 24.8 Å². The van der Waals surface area contributed by atoms with Gasteiger partial charge in [0.25, 0.3) is 0 Å². The number of allylic oxidation sites excluding steroid dienone is 2. The van der Waals surface area contributed by atoms with Crippen molar-refractivity contribution < 1.29 is 48.0 Å². The molecule has 4 heteroatoms. The van der Waals surface area contributed by atoms with Crippen molar-refractivity contribution in [3.63, 3.8) is 0 Å². The quantitative estimate of drug-likeness (QED) is 0.0544. The maximum Gasteiger partial charge on any atom is -1.00 e. The maximum absolute atomic E-state index is 2.80. The summed E-state index contributed by atoms with van der Waals surface area (Å²) in [6.45, 7) is 15.0. The third-order valence-corrected chi connectivity index (χ3v) is 22.5. The van der Waals surface area contributed by atoms with Gasteiger partial charge in [-0.2, -0.15) is 0 Å². The van der Waals surface area contributed by atoms with Crippen LogP contribution in [0.1, 0.15) is 184 Å². The van der Waals surface area contributed by atoms with E-state index in [4.69, 9.17) is 0 Å². The van der Waals surface area contributed by atoms with Gasteiger partial charge in [0.15, 0.2) is 0 Å². The van der Waals surface area contributed by atoms with Crippen LogP contribution in [-0.2, 0) is 36.1 Å². The molecule has 4 bridgehead atoms. The molecule has 1 aliphatic heterocycles. The number of fused-ring (bicyclic) bond motifs is 8. The Balaban J connectivity index is 0.00000341. The van der Waals surface area contributed by atoms with Crippen LogP contribution in [0.15, 0.2) is 96.1 Å². The van der Waals surface area contributed by atoms with Gasteiger partial charge in [0.2, 0.25) is 0 Å². The Labute approximate surface area is 391 Å². The molecule has 0 saturated carbocycles. The predicted molar refractivity (Wildman–Crippen MR) is 254 cm³/mol. The maximum atomic E-state index is 2.80. The molecule has 0 fully saturated rings. The molecule has 3 aliphatic rings. The van der Waals surface area contributed by atoms with Gasteiger partial charge in [-0.05, 0) is 0 Å². The number of unbranched alkanes of at least 4 members (excludes halogenated alkanes) is 12. The van der Waals surface area contributed by atoms with Crippen molar-refractivity contribution in [2.24, 2.45) is 0 Å². The molecule has 0 nitrogen and oxygen atoms in total. The van der Waals surface area contributed by atoms with Crippen LogP contribution in [0.3, 0.4) is 0 Å². The van der Waals surface area contributed by atoms with Gasteiger partial charge in [0.1, 0.15) is 0 Å². The smallest absolute Gasteiger partial charge is 1.00 e. The molecule has 0 amide bonds. The SMILES string of the molecule is CCCCCCC1=C2c3c(-c4ccc(CCCCCC)cc4)cccc3[CH]1[Zr+2][CH]1C(CCCCCC)=C(c3c(-c4ccc(CCCCCC)cc4)cccc31)[Si]2(C)C.[Cl-].[Cl-]. The first-order valence-corrected chi connectivity index (χ1v) is 29.9. The summed E-state index contributed by atoms with van der Waals surface area (Å²) in [5.74, 6) is 0. The molecule has 4 aromatic rings. The summed E-state index contributed by atoms with van der Waals surface area (Å²) < 4.78 is 1.36. The Bertz CT molecular complexity index is 1890. The topological polar surface area (TPSA) is 0 Å². The summed E-state index contributed by atoms with van der Waals surface area (Å²) in [6, 6.07) is 34.8. The number of hydrogen-bond acceptors (Lipinski definition) is 0. The van der Waals surface area contributed by atoms with Crippen LogP contribution >= 0.6 is 0 Å². The van der Waals surface area contributed by atoms with E-state index in [9.17, 15) is 0 Å².